The van der Waals surface area contributed by atoms with Crippen molar-refractivity contribution in [2.45, 2.75) is 24.4 Å². The molecule has 4 atom stereocenters. The minimum Gasteiger partial charge on any atom is -0.497 e. The zero-order valence-corrected chi connectivity index (χ0v) is 23.0. The first kappa shape index (κ1) is 25.9. The number of ether oxygens (including phenoxy) is 1. The molecule has 0 aliphatic carbocycles. The van der Waals surface area contributed by atoms with Gasteiger partial charge in [0.25, 0.3) is 0 Å². The molecule has 3 aliphatic rings. The molecule has 1 fully saturated rings. The molecule has 0 saturated carbocycles. The normalized spacial score (nSPS) is 23.5. The van der Waals surface area contributed by atoms with E-state index in [1.165, 1.54) is 25.3 Å². The summed E-state index contributed by atoms with van der Waals surface area (Å²) in [6.07, 6.45) is 1.98. The molecule has 7 rings (SSSR count). The predicted molar refractivity (Wildman–Crippen MR) is 158 cm³/mol. The number of fused-ring (bicyclic) bond motifs is 6. The van der Waals surface area contributed by atoms with Crippen LogP contribution in [0.5, 0.6) is 5.75 Å². The van der Waals surface area contributed by atoms with Crippen LogP contribution in [0.2, 0.25) is 0 Å². The summed E-state index contributed by atoms with van der Waals surface area (Å²) >= 11 is 0. The Bertz CT molecular complexity index is 1830. The Morgan fingerprint density at radius 1 is 0.905 bits per heavy atom. The summed E-state index contributed by atoms with van der Waals surface area (Å²) in [4.78, 5) is 45.8. The summed E-state index contributed by atoms with van der Waals surface area (Å²) in [5, 5.41) is 3.00. The number of methoxy groups -OCH3 is 1. The van der Waals surface area contributed by atoms with E-state index >= 15 is 4.39 Å². The predicted octanol–water partition coefficient (Wildman–Crippen LogP) is 6.08. The molecule has 0 unspecified atom stereocenters. The van der Waals surface area contributed by atoms with Crippen LogP contribution in [0, 0.1) is 11.7 Å². The molecule has 208 valence electrons. The number of nitrogens with zero attached hydrogens (tertiary/aromatic N) is 1. The van der Waals surface area contributed by atoms with Crippen LogP contribution in [0.25, 0.3) is 5.57 Å². The Kier molecular flexibility index (Phi) is 5.87. The Balaban J connectivity index is 1.56. The molecule has 4 aromatic carbocycles. The third-order valence-electron chi connectivity index (χ3n) is 8.93. The van der Waals surface area contributed by atoms with Gasteiger partial charge in [-0.2, -0.15) is 0 Å². The van der Waals surface area contributed by atoms with Crippen LogP contribution in [-0.2, 0) is 10.2 Å². The lowest BCUT2D eigenvalue weighted by Gasteiger charge is -2.39. The van der Waals surface area contributed by atoms with E-state index in [2.05, 4.69) is 5.32 Å². The molecule has 0 radical (unpaired) electrons. The molecule has 6 nitrogen and oxygen atoms in total. The summed E-state index contributed by atoms with van der Waals surface area (Å²) in [5.41, 5.74) is 2.42. The van der Waals surface area contributed by atoms with Gasteiger partial charge < -0.3 is 15.0 Å². The van der Waals surface area contributed by atoms with E-state index < -0.39 is 40.9 Å². The van der Waals surface area contributed by atoms with Crippen LogP contribution < -0.4 is 15.0 Å². The molecular formula is C35H27FN2O4. The number of rotatable bonds is 5. The van der Waals surface area contributed by atoms with Crippen molar-refractivity contribution in [1.82, 2.24) is 0 Å². The van der Waals surface area contributed by atoms with Crippen molar-refractivity contribution in [3.05, 3.63) is 131 Å². The SMILES string of the molecule is COc1cccc(C(=O)[C@@H]2[C@H](C(=O)c3ccccc3F)[C@@]3(C(=O)Nc4ccccc43)[C@H]3C=C(C)c4ccccc4N23)c1. The second-order valence-corrected chi connectivity index (χ2v) is 11.0. The molecule has 0 aromatic heterocycles. The number of para-hydroxylation sites is 2. The molecule has 1 saturated heterocycles. The van der Waals surface area contributed by atoms with Gasteiger partial charge in [0.1, 0.15) is 23.0 Å². The van der Waals surface area contributed by atoms with Gasteiger partial charge in [0.2, 0.25) is 5.91 Å². The number of hydrogen-bond acceptors (Lipinski definition) is 5. The highest BCUT2D eigenvalue weighted by molar-refractivity contribution is 6.18. The molecular weight excluding hydrogens is 531 g/mol. The Morgan fingerprint density at radius 3 is 2.45 bits per heavy atom. The van der Waals surface area contributed by atoms with Crippen LogP contribution >= 0.6 is 0 Å². The van der Waals surface area contributed by atoms with Crippen molar-refractivity contribution in [3.63, 3.8) is 0 Å². The average Bonchev–Trinajstić information content (AvgIpc) is 3.49. The summed E-state index contributed by atoms with van der Waals surface area (Å²) in [7, 11) is 1.52. The number of carbonyl (C=O) groups is 3. The maximum absolute atomic E-state index is 15.3. The first-order chi connectivity index (χ1) is 20.4. The van der Waals surface area contributed by atoms with E-state index in [1.807, 2.05) is 60.4 Å². The fourth-order valence-electron chi connectivity index (χ4n) is 7.16. The first-order valence-corrected chi connectivity index (χ1v) is 13.8. The lowest BCUT2D eigenvalue weighted by molar-refractivity contribution is -0.121. The van der Waals surface area contributed by atoms with Gasteiger partial charge in [-0.15, -0.1) is 0 Å². The molecule has 0 bridgehead atoms. The topological polar surface area (TPSA) is 75.7 Å². The molecule has 42 heavy (non-hydrogen) atoms. The van der Waals surface area contributed by atoms with Crippen LogP contribution in [-0.4, -0.2) is 36.7 Å². The number of hydrogen-bond donors (Lipinski definition) is 1. The molecule has 4 aromatic rings. The number of allylic oxidation sites excluding steroid dienone is 1. The van der Waals surface area contributed by atoms with Crippen LogP contribution in [0.3, 0.4) is 0 Å². The van der Waals surface area contributed by atoms with Crippen molar-refractivity contribution < 1.29 is 23.5 Å². The maximum atomic E-state index is 15.3. The lowest BCUT2D eigenvalue weighted by atomic mass is 9.64. The van der Waals surface area contributed by atoms with Gasteiger partial charge in [-0.3, -0.25) is 14.4 Å². The highest BCUT2D eigenvalue weighted by atomic mass is 19.1. The number of halogens is 1. The second kappa shape index (κ2) is 9.52. The van der Waals surface area contributed by atoms with E-state index in [-0.39, 0.29) is 11.3 Å². The average molecular weight is 559 g/mol. The van der Waals surface area contributed by atoms with Crippen molar-refractivity contribution in [2.24, 2.45) is 5.92 Å². The van der Waals surface area contributed by atoms with Crippen molar-refractivity contribution in [3.8, 4) is 5.75 Å². The molecule has 7 heteroatoms. The standard InChI is InChI=1S/C35H27FN2O4/c1-20-18-29-35(25-14-5-7-16-27(25)37-34(35)41)30(33(40)24-13-3-6-15-26(24)36)31(38(29)28-17-8-4-12-23(20)28)32(39)21-10-9-11-22(19-21)42-2/h3-19,29-31H,1-2H3,(H,37,41)/t29-,30-,31+,35+/m1/s1. The number of amides is 1. The van der Waals surface area contributed by atoms with E-state index in [4.69, 9.17) is 4.74 Å². The number of carbonyl (C=O) groups excluding carboxylic acids is 3. The molecule has 1 spiro atoms. The maximum Gasteiger partial charge on any atom is 0.238 e. The molecule has 1 N–H and O–H groups in total. The van der Waals surface area contributed by atoms with Gasteiger partial charge in [0.05, 0.1) is 24.6 Å². The lowest BCUT2D eigenvalue weighted by Crippen LogP contribution is -2.51. The minimum absolute atomic E-state index is 0.156. The Labute approximate surface area is 242 Å². The minimum atomic E-state index is -1.51. The highest BCUT2D eigenvalue weighted by Gasteiger charge is 2.70. The van der Waals surface area contributed by atoms with Gasteiger partial charge in [0, 0.05) is 22.5 Å². The summed E-state index contributed by atoms with van der Waals surface area (Å²) in [6.45, 7) is 1.97. The number of nitrogens with one attached hydrogen (secondary N) is 1. The Hall–Kier alpha value is -5.04. The van der Waals surface area contributed by atoms with Crippen molar-refractivity contribution in [1.29, 1.82) is 0 Å². The molecule has 3 aliphatic heterocycles. The van der Waals surface area contributed by atoms with Gasteiger partial charge in [0.15, 0.2) is 11.6 Å². The van der Waals surface area contributed by atoms with Crippen LogP contribution in [0.4, 0.5) is 15.8 Å². The van der Waals surface area contributed by atoms with E-state index in [0.717, 1.165) is 16.8 Å². The van der Waals surface area contributed by atoms with Crippen molar-refractivity contribution in [2.75, 3.05) is 17.3 Å². The smallest absolute Gasteiger partial charge is 0.238 e. The zero-order valence-electron chi connectivity index (χ0n) is 23.0. The third-order valence-corrected chi connectivity index (χ3v) is 8.93. The number of anilines is 2. The van der Waals surface area contributed by atoms with E-state index in [9.17, 15) is 14.4 Å². The van der Waals surface area contributed by atoms with Gasteiger partial charge in [-0.05, 0) is 54.5 Å². The van der Waals surface area contributed by atoms with Gasteiger partial charge >= 0.3 is 0 Å². The molecule has 1 amide bonds. The Morgan fingerprint density at radius 2 is 1.64 bits per heavy atom. The largest absolute Gasteiger partial charge is 0.497 e. The highest BCUT2D eigenvalue weighted by Crippen LogP contribution is 2.59. The number of benzene rings is 4. The number of Topliss-reactive ketones (excluding diaryl/α,β-unsaturated/α-hetero) is 2. The summed E-state index contributed by atoms with van der Waals surface area (Å²) < 4.78 is 20.7. The monoisotopic (exact) mass is 558 g/mol. The summed E-state index contributed by atoms with van der Waals surface area (Å²) in [6, 6.07) is 25.6. The first-order valence-electron chi connectivity index (χ1n) is 13.8. The number of ketones is 2. The quantitative estimate of drug-likeness (QED) is 0.301. The van der Waals surface area contributed by atoms with Crippen LogP contribution in [0.15, 0.2) is 103 Å². The van der Waals surface area contributed by atoms with E-state index in [1.54, 1.807) is 36.4 Å². The fourth-order valence-corrected chi connectivity index (χ4v) is 7.16. The van der Waals surface area contributed by atoms with E-state index in [0.29, 0.717) is 22.6 Å². The van der Waals surface area contributed by atoms with Crippen molar-refractivity contribution >= 4 is 34.4 Å². The second-order valence-electron chi connectivity index (χ2n) is 11.0. The molecule has 3 heterocycles. The summed E-state index contributed by atoms with van der Waals surface area (Å²) in [5.74, 6) is -2.81. The zero-order chi connectivity index (χ0) is 29.2. The van der Waals surface area contributed by atoms with Gasteiger partial charge in [-0.1, -0.05) is 66.7 Å². The fraction of sp³-hybridized carbons (Fsp3) is 0.171. The third kappa shape index (κ3) is 3.46. The van der Waals surface area contributed by atoms with Crippen LogP contribution in [0.1, 0.15) is 38.8 Å². The van der Waals surface area contributed by atoms with Gasteiger partial charge in [-0.25, -0.2) is 4.39 Å².